The van der Waals surface area contributed by atoms with E-state index in [9.17, 15) is 5.11 Å². The molecule has 0 atom stereocenters. The van der Waals surface area contributed by atoms with Gasteiger partial charge in [-0.25, -0.2) is 0 Å². The minimum absolute atomic E-state index is 0.738. The molecule has 88 valence electrons. The highest BCUT2D eigenvalue weighted by Crippen LogP contribution is 2.25. The summed E-state index contributed by atoms with van der Waals surface area (Å²) in [5.74, 6) is 0. The number of hydrogen-bond acceptors (Lipinski definition) is 1. The average Bonchev–Trinajstić information content (AvgIpc) is 2.29. The molecule has 0 aliphatic rings. The molecule has 0 unspecified atom stereocenters. The number of aliphatic hydroxyl groups is 1. The van der Waals surface area contributed by atoms with Crippen molar-refractivity contribution < 1.29 is 5.11 Å². The summed E-state index contributed by atoms with van der Waals surface area (Å²) in [5, 5.41) is 10.6. The van der Waals surface area contributed by atoms with Crippen molar-refractivity contribution in [1.82, 2.24) is 0 Å². The molecule has 0 aliphatic heterocycles. The SMILES string of the molecule is CC(C)(O)c1ccc(-c2ccc(Cl)cc2)cc1. The first kappa shape index (κ1) is 12.2. The Balaban J connectivity index is 2.33. The Hall–Kier alpha value is -1.31. The highest BCUT2D eigenvalue weighted by molar-refractivity contribution is 6.30. The van der Waals surface area contributed by atoms with Crippen molar-refractivity contribution >= 4 is 11.6 Å². The Morgan fingerprint density at radius 2 is 1.24 bits per heavy atom. The fraction of sp³-hybridized carbons (Fsp3) is 0.200. The highest BCUT2D eigenvalue weighted by atomic mass is 35.5. The van der Waals surface area contributed by atoms with E-state index in [2.05, 4.69) is 0 Å². The van der Waals surface area contributed by atoms with Crippen molar-refractivity contribution in [2.24, 2.45) is 0 Å². The molecule has 17 heavy (non-hydrogen) atoms. The molecule has 0 radical (unpaired) electrons. The summed E-state index contributed by atoms with van der Waals surface area (Å²) in [6.07, 6.45) is 0. The normalized spacial score (nSPS) is 11.5. The third kappa shape index (κ3) is 2.87. The van der Waals surface area contributed by atoms with Crippen LogP contribution in [-0.4, -0.2) is 5.11 Å². The molecule has 0 spiro atoms. The van der Waals surface area contributed by atoms with Crippen molar-refractivity contribution in [3.63, 3.8) is 0 Å². The molecular formula is C15H15ClO. The van der Waals surface area contributed by atoms with Crippen LogP contribution >= 0.6 is 11.6 Å². The zero-order valence-electron chi connectivity index (χ0n) is 9.94. The Labute approximate surface area is 107 Å². The van der Waals surface area contributed by atoms with Crippen LogP contribution in [0.2, 0.25) is 5.02 Å². The summed E-state index contributed by atoms with van der Waals surface area (Å²) in [4.78, 5) is 0. The lowest BCUT2D eigenvalue weighted by molar-refractivity contribution is 0.0786. The van der Waals surface area contributed by atoms with Crippen molar-refractivity contribution in [2.75, 3.05) is 0 Å². The van der Waals surface area contributed by atoms with Crippen LogP contribution in [0.25, 0.3) is 11.1 Å². The molecule has 1 nitrogen and oxygen atoms in total. The lowest BCUT2D eigenvalue weighted by atomic mass is 9.96. The second kappa shape index (κ2) is 4.52. The maximum Gasteiger partial charge on any atom is 0.0840 e. The maximum absolute atomic E-state index is 9.87. The molecule has 0 saturated heterocycles. The van der Waals surface area contributed by atoms with Crippen LogP contribution < -0.4 is 0 Å². The van der Waals surface area contributed by atoms with Gasteiger partial charge in [-0.3, -0.25) is 0 Å². The lowest BCUT2D eigenvalue weighted by Crippen LogP contribution is -2.14. The molecular weight excluding hydrogens is 232 g/mol. The maximum atomic E-state index is 9.87. The van der Waals surface area contributed by atoms with Crippen LogP contribution in [0.15, 0.2) is 48.5 Å². The van der Waals surface area contributed by atoms with Gasteiger partial charge in [-0.2, -0.15) is 0 Å². The van der Waals surface area contributed by atoms with E-state index >= 15 is 0 Å². The van der Waals surface area contributed by atoms with Gasteiger partial charge in [0.1, 0.15) is 0 Å². The van der Waals surface area contributed by atoms with Gasteiger partial charge in [-0.15, -0.1) is 0 Å². The monoisotopic (exact) mass is 246 g/mol. The Kier molecular flexibility index (Phi) is 3.23. The Morgan fingerprint density at radius 3 is 1.65 bits per heavy atom. The van der Waals surface area contributed by atoms with Crippen LogP contribution in [0.5, 0.6) is 0 Å². The van der Waals surface area contributed by atoms with E-state index in [1.54, 1.807) is 13.8 Å². The fourth-order valence-corrected chi connectivity index (χ4v) is 1.84. The van der Waals surface area contributed by atoms with Gasteiger partial charge < -0.3 is 5.11 Å². The molecule has 0 bridgehead atoms. The number of halogens is 1. The fourth-order valence-electron chi connectivity index (χ4n) is 1.71. The predicted molar refractivity (Wildman–Crippen MR) is 72.1 cm³/mol. The van der Waals surface area contributed by atoms with Gasteiger partial charge >= 0.3 is 0 Å². The van der Waals surface area contributed by atoms with Crippen LogP contribution in [0.1, 0.15) is 19.4 Å². The van der Waals surface area contributed by atoms with Crippen LogP contribution in [0, 0.1) is 0 Å². The molecule has 2 rings (SSSR count). The summed E-state index contributed by atoms with van der Waals surface area (Å²) in [6.45, 7) is 3.56. The first-order valence-electron chi connectivity index (χ1n) is 5.56. The minimum atomic E-state index is -0.793. The first-order chi connectivity index (χ1) is 7.97. The molecule has 0 amide bonds. The van der Waals surface area contributed by atoms with Gasteiger partial charge in [0.05, 0.1) is 5.60 Å². The smallest absolute Gasteiger partial charge is 0.0840 e. The van der Waals surface area contributed by atoms with Gasteiger partial charge in [-0.05, 0) is 42.7 Å². The van der Waals surface area contributed by atoms with E-state index in [1.165, 1.54) is 0 Å². The topological polar surface area (TPSA) is 20.2 Å². The molecule has 0 saturated carbocycles. The van der Waals surface area contributed by atoms with Crippen LogP contribution in [-0.2, 0) is 5.60 Å². The third-order valence-electron chi connectivity index (χ3n) is 2.77. The second-order valence-corrected chi connectivity index (χ2v) is 5.08. The molecule has 0 aromatic heterocycles. The largest absolute Gasteiger partial charge is 0.386 e. The second-order valence-electron chi connectivity index (χ2n) is 4.64. The molecule has 0 heterocycles. The van der Waals surface area contributed by atoms with Crippen molar-refractivity contribution in [1.29, 1.82) is 0 Å². The first-order valence-corrected chi connectivity index (χ1v) is 5.93. The summed E-state index contributed by atoms with van der Waals surface area (Å²) < 4.78 is 0. The predicted octanol–water partition coefficient (Wildman–Crippen LogP) is 4.23. The standard InChI is InChI=1S/C15H15ClO/c1-15(2,17)13-7-3-11(4-8-13)12-5-9-14(16)10-6-12/h3-10,17H,1-2H3. The molecule has 2 aromatic rings. The quantitative estimate of drug-likeness (QED) is 0.841. The van der Waals surface area contributed by atoms with E-state index in [-0.39, 0.29) is 0 Å². The number of hydrogen-bond donors (Lipinski definition) is 1. The Morgan fingerprint density at radius 1 is 0.824 bits per heavy atom. The van der Waals surface area contributed by atoms with E-state index in [1.807, 2.05) is 48.5 Å². The number of rotatable bonds is 2. The minimum Gasteiger partial charge on any atom is -0.386 e. The van der Waals surface area contributed by atoms with E-state index < -0.39 is 5.60 Å². The van der Waals surface area contributed by atoms with E-state index in [0.29, 0.717) is 0 Å². The summed E-state index contributed by atoms with van der Waals surface area (Å²) in [5.41, 5.74) is 2.36. The van der Waals surface area contributed by atoms with Crippen LogP contribution in [0.3, 0.4) is 0 Å². The highest BCUT2D eigenvalue weighted by Gasteiger charge is 2.15. The molecule has 0 aliphatic carbocycles. The van der Waals surface area contributed by atoms with Crippen molar-refractivity contribution in [3.8, 4) is 11.1 Å². The molecule has 2 aromatic carbocycles. The van der Waals surface area contributed by atoms with Crippen molar-refractivity contribution in [2.45, 2.75) is 19.4 Å². The Bertz CT molecular complexity index is 492. The zero-order chi connectivity index (χ0) is 12.5. The van der Waals surface area contributed by atoms with E-state index in [0.717, 1.165) is 21.7 Å². The lowest BCUT2D eigenvalue weighted by Gasteiger charge is -2.17. The molecule has 1 N–H and O–H groups in total. The molecule has 2 heteroatoms. The van der Waals surface area contributed by atoms with Crippen LogP contribution in [0.4, 0.5) is 0 Å². The van der Waals surface area contributed by atoms with Gasteiger partial charge in [0.15, 0.2) is 0 Å². The third-order valence-corrected chi connectivity index (χ3v) is 3.02. The summed E-state index contributed by atoms with van der Waals surface area (Å²) in [7, 11) is 0. The van der Waals surface area contributed by atoms with Gasteiger partial charge in [0.2, 0.25) is 0 Å². The van der Waals surface area contributed by atoms with Gasteiger partial charge in [-0.1, -0.05) is 48.0 Å². The molecule has 0 fully saturated rings. The zero-order valence-corrected chi connectivity index (χ0v) is 10.7. The average molecular weight is 247 g/mol. The van der Waals surface area contributed by atoms with Crippen molar-refractivity contribution in [3.05, 3.63) is 59.1 Å². The van der Waals surface area contributed by atoms with Gasteiger partial charge in [0, 0.05) is 5.02 Å². The summed E-state index contributed by atoms with van der Waals surface area (Å²) >= 11 is 5.85. The number of benzene rings is 2. The van der Waals surface area contributed by atoms with Gasteiger partial charge in [0.25, 0.3) is 0 Å². The van der Waals surface area contributed by atoms with E-state index in [4.69, 9.17) is 11.6 Å². The summed E-state index contributed by atoms with van der Waals surface area (Å²) in [6, 6.07) is 15.6.